The van der Waals surface area contributed by atoms with Gasteiger partial charge in [-0.15, -0.1) is 0 Å². The van der Waals surface area contributed by atoms with E-state index in [4.69, 9.17) is 11.6 Å². The Labute approximate surface area is 187 Å². The molecule has 1 amide bonds. The maximum Gasteiger partial charge on any atom is 0.251 e. The van der Waals surface area contributed by atoms with E-state index in [1.54, 1.807) is 11.8 Å². The highest BCUT2D eigenvalue weighted by Crippen LogP contribution is 2.28. The second-order valence-corrected chi connectivity index (χ2v) is 8.98. The van der Waals surface area contributed by atoms with Crippen LogP contribution < -0.4 is 10.2 Å². The molecule has 0 spiro atoms. The van der Waals surface area contributed by atoms with E-state index in [-0.39, 0.29) is 5.91 Å². The van der Waals surface area contributed by atoms with Crippen LogP contribution >= 0.6 is 23.4 Å². The molecule has 0 aromatic heterocycles. The van der Waals surface area contributed by atoms with Crippen molar-refractivity contribution in [3.05, 3.63) is 100 Å². The number of nitrogens with one attached hydrogen (secondary N) is 1. The van der Waals surface area contributed by atoms with E-state index in [2.05, 4.69) is 52.7 Å². The molecule has 0 unspecified atom stereocenters. The van der Waals surface area contributed by atoms with Crippen LogP contribution in [0.2, 0.25) is 5.02 Å². The minimum atomic E-state index is -0.0172. The fraction of sp³-hybridized carbons (Fsp3) is 0.240. The van der Waals surface area contributed by atoms with E-state index < -0.39 is 0 Å². The summed E-state index contributed by atoms with van der Waals surface area (Å²) in [7, 11) is 0. The standard InChI is InChI=1S/C25H25ClN2OS/c26-23-6-3-4-20(16-23)18-30-15-13-27-25(29)22-10-8-19(9-11-22)17-28-14-12-21-5-1-2-7-24(21)28/h1-11,16H,12-15,17-18H2,(H,27,29). The lowest BCUT2D eigenvalue weighted by atomic mass is 10.1. The number of carbonyl (C=O) groups is 1. The molecule has 30 heavy (non-hydrogen) atoms. The molecular weight excluding hydrogens is 412 g/mol. The molecular formula is C25H25ClN2OS. The number of hydrogen-bond donors (Lipinski definition) is 1. The maximum absolute atomic E-state index is 12.4. The van der Waals surface area contributed by atoms with Gasteiger partial charge in [-0.05, 0) is 53.4 Å². The Hall–Kier alpha value is -2.43. The summed E-state index contributed by atoms with van der Waals surface area (Å²) in [6.07, 6.45) is 1.10. The van der Waals surface area contributed by atoms with Crippen LogP contribution in [0.15, 0.2) is 72.8 Å². The number of amides is 1. The van der Waals surface area contributed by atoms with Crippen molar-refractivity contribution >= 4 is 35.0 Å². The molecule has 1 N–H and O–H groups in total. The van der Waals surface area contributed by atoms with Gasteiger partial charge in [0.25, 0.3) is 5.91 Å². The van der Waals surface area contributed by atoms with Gasteiger partial charge in [-0.25, -0.2) is 0 Å². The zero-order valence-corrected chi connectivity index (χ0v) is 18.4. The molecule has 0 fully saturated rings. The fourth-order valence-corrected chi connectivity index (χ4v) is 4.73. The number of carbonyl (C=O) groups excluding carboxylic acids is 1. The lowest BCUT2D eigenvalue weighted by Gasteiger charge is -2.19. The van der Waals surface area contributed by atoms with Gasteiger partial charge in [0.2, 0.25) is 0 Å². The van der Waals surface area contributed by atoms with Crippen LogP contribution in [0.1, 0.15) is 27.0 Å². The minimum absolute atomic E-state index is 0.0172. The number of fused-ring (bicyclic) bond motifs is 1. The third-order valence-corrected chi connectivity index (χ3v) is 6.53. The van der Waals surface area contributed by atoms with Crippen molar-refractivity contribution in [2.24, 2.45) is 0 Å². The van der Waals surface area contributed by atoms with E-state index in [0.717, 1.165) is 36.0 Å². The number of halogens is 1. The van der Waals surface area contributed by atoms with Gasteiger partial charge in [0.15, 0.2) is 0 Å². The van der Waals surface area contributed by atoms with Crippen molar-refractivity contribution in [3.8, 4) is 0 Å². The molecule has 3 nitrogen and oxygen atoms in total. The Morgan fingerprint density at radius 1 is 1.00 bits per heavy atom. The molecule has 0 aliphatic carbocycles. The van der Waals surface area contributed by atoms with Crippen molar-refractivity contribution in [2.45, 2.75) is 18.7 Å². The first kappa shape index (κ1) is 20.8. The van der Waals surface area contributed by atoms with E-state index in [1.165, 1.54) is 22.4 Å². The minimum Gasteiger partial charge on any atom is -0.367 e. The van der Waals surface area contributed by atoms with E-state index in [9.17, 15) is 4.79 Å². The van der Waals surface area contributed by atoms with Crippen molar-refractivity contribution in [2.75, 3.05) is 23.7 Å². The summed E-state index contributed by atoms with van der Waals surface area (Å²) >= 11 is 7.79. The summed E-state index contributed by atoms with van der Waals surface area (Å²) in [5, 5.41) is 3.77. The quantitative estimate of drug-likeness (QED) is 0.469. The predicted molar refractivity (Wildman–Crippen MR) is 128 cm³/mol. The summed E-state index contributed by atoms with van der Waals surface area (Å²) in [6, 6.07) is 24.4. The average molecular weight is 437 g/mol. The lowest BCUT2D eigenvalue weighted by Crippen LogP contribution is -2.25. The van der Waals surface area contributed by atoms with Crippen LogP contribution in [-0.4, -0.2) is 24.7 Å². The lowest BCUT2D eigenvalue weighted by molar-refractivity contribution is 0.0956. The molecule has 4 rings (SSSR count). The van der Waals surface area contributed by atoms with Crippen molar-refractivity contribution in [3.63, 3.8) is 0 Å². The van der Waals surface area contributed by atoms with Crippen molar-refractivity contribution in [1.29, 1.82) is 0 Å². The molecule has 0 atom stereocenters. The second-order valence-electron chi connectivity index (χ2n) is 7.44. The highest BCUT2D eigenvalue weighted by atomic mass is 35.5. The van der Waals surface area contributed by atoms with Gasteiger partial charge in [-0.3, -0.25) is 4.79 Å². The van der Waals surface area contributed by atoms with E-state index in [1.807, 2.05) is 30.3 Å². The second kappa shape index (κ2) is 10.1. The third kappa shape index (κ3) is 5.38. The average Bonchev–Trinajstić information content (AvgIpc) is 3.17. The SMILES string of the molecule is O=C(NCCSCc1cccc(Cl)c1)c1ccc(CN2CCc3ccccc32)cc1. The normalized spacial score (nSPS) is 12.6. The van der Waals surface area contributed by atoms with E-state index in [0.29, 0.717) is 12.1 Å². The van der Waals surface area contributed by atoms with E-state index >= 15 is 0 Å². The van der Waals surface area contributed by atoms with Crippen molar-refractivity contribution < 1.29 is 4.79 Å². The first-order valence-electron chi connectivity index (χ1n) is 10.2. The van der Waals surface area contributed by atoms with Crippen LogP contribution in [0.5, 0.6) is 0 Å². The summed E-state index contributed by atoms with van der Waals surface area (Å²) in [5.41, 5.74) is 5.88. The predicted octanol–water partition coefficient (Wildman–Crippen LogP) is 5.57. The number of thioether (sulfide) groups is 1. The van der Waals surface area contributed by atoms with Gasteiger partial charge in [0.05, 0.1) is 0 Å². The summed E-state index contributed by atoms with van der Waals surface area (Å²) < 4.78 is 0. The van der Waals surface area contributed by atoms with Crippen LogP contribution in [0.25, 0.3) is 0 Å². The molecule has 1 heterocycles. The Kier molecular flexibility index (Phi) is 6.98. The van der Waals surface area contributed by atoms with Crippen LogP contribution in [0, 0.1) is 0 Å². The maximum atomic E-state index is 12.4. The molecule has 0 radical (unpaired) electrons. The molecule has 1 aliphatic rings. The van der Waals surface area contributed by atoms with Gasteiger partial charge >= 0.3 is 0 Å². The molecule has 0 bridgehead atoms. The van der Waals surface area contributed by atoms with Gasteiger partial charge in [-0.2, -0.15) is 11.8 Å². The highest BCUT2D eigenvalue weighted by Gasteiger charge is 2.18. The Morgan fingerprint density at radius 2 is 1.83 bits per heavy atom. The zero-order chi connectivity index (χ0) is 20.8. The molecule has 5 heteroatoms. The number of benzene rings is 3. The smallest absolute Gasteiger partial charge is 0.251 e. The molecule has 0 saturated heterocycles. The van der Waals surface area contributed by atoms with Crippen LogP contribution in [0.3, 0.4) is 0 Å². The van der Waals surface area contributed by atoms with Gasteiger partial charge < -0.3 is 10.2 Å². The zero-order valence-electron chi connectivity index (χ0n) is 16.8. The molecule has 0 saturated carbocycles. The van der Waals surface area contributed by atoms with Crippen molar-refractivity contribution in [1.82, 2.24) is 5.32 Å². The number of anilines is 1. The molecule has 3 aromatic carbocycles. The topological polar surface area (TPSA) is 32.3 Å². The molecule has 3 aromatic rings. The number of hydrogen-bond acceptors (Lipinski definition) is 3. The van der Waals surface area contributed by atoms with Gasteiger partial charge in [0, 0.05) is 47.4 Å². The largest absolute Gasteiger partial charge is 0.367 e. The van der Waals surface area contributed by atoms with Gasteiger partial charge in [-0.1, -0.05) is 54.1 Å². The number of para-hydroxylation sites is 1. The first-order valence-corrected chi connectivity index (χ1v) is 11.7. The summed E-state index contributed by atoms with van der Waals surface area (Å²) in [5.74, 6) is 1.74. The third-order valence-electron chi connectivity index (χ3n) is 5.26. The van der Waals surface area contributed by atoms with Crippen LogP contribution in [-0.2, 0) is 18.7 Å². The Bertz CT molecular complexity index is 1010. The summed E-state index contributed by atoms with van der Waals surface area (Å²) in [6.45, 7) is 2.57. The highest BCUT2D eigenvalue weighted by molar-refractivity contribution is 7.98. The Balaban J connectivity index is 1.21. The van der Waals surface area contributed by atoms with Crippen LogP contribution in [0.4, 0.5) is 5.69 Å². The summed E-state index contributed by atoms with van der Waals surface area (Å²) in [4.78, 5) is 14.8. The fourth-order valence-electron chi connectivity index (χ4n) is 3.71. The first-order chi connectivity index (χ1) is 14.7. The number of nitrogens with zero attached hydrogens (tertiary/aromatic N) is 1. The number of rotatable bonds is 8. The monoisotopic (exact) mass is 436 g/mol. The Morgan fingerprint density at radius 3 is 2.67 bits per heavy atom. The molecule has 1 aliphatic heterocycles. The van der Waals surface area contributed by atoms with Gasteiger partial charge in [0.1, 0.15) is 0 Å². The molecule has 154 valence electrons.